The monoisotopic (exact) mass is 440 g/mol. The Morgan fingerprint density at radius 2 is 1.87 bits per heavy atom. The van der Waals surface area contributed by atoms with Crippen molar-refractivity contribution < 1.29 is 9.21 Å². The van der Waals surface area contributed by atoms with Crippen LogP contribution in [0.4, 0.5) is 5.69 Å². The Labute approximate surface area is 183 Å². The number of aryl methyl sites for hydroxylation is 3. The van der Waals surface area contributed by atoms with Gasteiger partial charge in [0.05, 0.1) is 5.75 Å². The van der Waals surface area contributed by atoms with Crippen molar-refractivity contribution in [2.75, 3.05) is 11.1 Å². The molecule has 0 atom stereocenters. The molecule has 6 nitrogen and oxygen atoms in total. The molecule has 2 aromatic carbocycles. The first-order chi connectivity index (χ1) is 14.3. The second-order valence-electron chi connectivity index (χ2n) is 7.27. The number of thioether (sulfide) groups is 1. The molecule has 1 N–H and O–H groups in total. The second-order valence-corrected chi connectivity index (χ2v) is 8.65. The molecule has 0 bridgehead atoms. The lowest BCUT2D eigenvalue weighted by molar-refractivity contribution is -0.113. The van der Waals surface area contributed by atoms with Gasteiger partial charge in [-0.1, -0.05) is 41.1 Å². The van der Waals surface area contributed by atoms with Crippen molar-refractivity contribution >= 4 is 45.9 Å². The minimum atomic E-state index is -0.0852. The van der Waals surface area contributed by atoms with Crippen LogP contribution in [0, 0.1) is 20.8 Å². The summed E-state index contributed by atoms with van der Waals surface area (Å²) >= 11 is 7.38. The second kappa shape index (κ2) is 8.16. The molecule has 4 aromatic rings. The molecule has 1 amide bonds. The van der Waals surface area contributed by atoms with E-state index in [1.807, 2.05) is 50.6 Å². The number of carbonyl (C=O) groups excluding carboxylic acids is 1. The molecule has 4 rings (SSSR count). The molecule has 0 aliphatic carbocycles. The van der Waals surface area contributed by atoms with Gasteiger partial charge in [-0.25, -0.2) is 0 Å². The van der Waals surface area contributed by atoms with E-state index in [0.29, 0.717) is 21.8 Å². The van der Waals surface area contributed by atoms with Crippen molar-refractivity contribution in [1.29, 1.82) is 0 Å². The number of amides is 1. The van der Waals surface area contributed by atoms with Gasteiger partial charge in [-0.3, -0.25) is 4.79 Å². The van der Waals surface area contributed by atoms with Gasteiger partial charge in [0.2, 0.25) is 5.91 Å². The predicted molar refractivity (Wildman–Crippen MR) is 121 cm³/mol. The van der Waals surface area contributed by atoms with E-state index < -0.39 is 0 Å². The van der Waals surface area contributed by atoms with Crippen molar-refractivity contribution in [1.82, 2.24) is 14.8 Å². The first-order valence-corrected chi connectivity index (χ1v) is 10.8. The number of rotatable bonds is 5. The molecular formula is C22H21ClN4O2S. The highest BCUT2D eigenvalue weighted by molar-refractivity contribution is 7.99. The minimum Gasteiger partial charge on any atom is -0.453 e. The third kappa shape index (κ3) is 4.08. The number of benzene rings is 2. The summed E-state index contributed by atoms with van der Waals surface area (Å²) in [6.45, 7) is 6.04. The number of hydrogen-bond donors (Lipinski definition) is 1. The van der Waals surface area contributed by atoms with Crippen molar-refractivity contribution in [2.45, 2.75) is 25.9 Å². The third-order valence-electron chi connectivity index (χ3n) is 4.81. The minimum absolute atomic E-state index is 0.0852. The SMILES string of the molecule is Cc1cc(C)c(NC(=O)CSc2nnc(-c3cc4cc(Cl)ccc4o3)n2C)c(C)c1. The summed E-state index contributed by atoms with van der Waals surface area (Å²) in [7, 11) is 1.85. The van der Waals surface area contributed by atoms with Crippen LogP contribution < -0.4 is 5.32 Å². The van der Waals surface area contributed by atoms with E-state index in [9.17, 15) is 4.79 Å². The Balaban J connectivity index is 1.47. The lowest BCUT2D eigenvalue weighted by Gasteiger charge is -2.12. The maximum atomic E-state index is 12.5. The lowest BCUT2D eigenvalue weighted by Crippen LogP contribution is -2.16. The molecule has 0 aliphatic rings. The number of furan rings is 1. The number of nitrogens with one attached hydrogen (secondary N) is 1. The smallest absolute Gasteiger partial charge is 0.234 e. The van der Waals surface area contributed by atoms with E-state index >= 15 is 0 Å². The molecule has 0 spiro atoms. The highest BCUT2D eigenvalue weighted by atomic mass is 35.5. The van der Waals surface area contributed by atoms with Crippen LogP contribution in [0.25, 0.3) is 22.6 Å². The average molecular weight is 441 g/mol. The standard InChI is InChI=1S/C22H21ClN4O2S/c1-12-7-13(2)20(14(3)8-12)24-19(28)11-30-22-26-25-21(27(22)4)18-10-15-9-16(23)5-6-17(15)29-18/h5-10H,11H2,1-4H3,(H,24,28). The quantitative estimate of drug-likeness (QED) is 0.412. The topological polar surface area (TPSA) is 73.0 Å². The van der Waals surface area contributed by atoms with Crippen LogP contribution in [0.5, 0.6) is 0 Å². The Morgan fingerprint density at radius 1 is 1.13 bits per heavy atom. The van der Waals surface area contributed by atoms with Crippen molar-refractivity contribution in [3.63, 3.8) is 0 Å². The Morgan fingerprint density at radius 3 is 2.60 bits per heavy atom. The van der Waals surface area contributed by atoms with Gasteiger partial charge in [-0.05, 0) is 56.2 Å². The van der Waals surface area contributed by atoms with Gasteiger partial charge in [0.25, 0.3) is 0 Å². The molecule has 0 saturated carbocycles. The zero-order chi connectivity index (χ0) is 21.4. The van der Waals surface area contributed by atoms with Crippen LogP contribution in [0.15, 0.2) is 46.0 Å². The number of anilines is 1. The maximum Gasteiger partial charge on any atom is 0.234 e. The third-order valence-corrected chi connectivity index (χ3v) is 6.06. The van der Waals surface area contributed by atoms with Gasteiger partial charge in [0.15, 0.2) is 16.7 Å². The summed E-state index contributed by atoms with van der Waals surface area (Å²) in [4.78, 5) is 12.5. The number of nitrogens with zero attached hydrogens (tertiary/aromatic N) is 3. The first kappa shape index (κ1) is 20.5. The highest BCUT2D eigenvalue weighted by Gasteiger charge is 2.17. The zero-order valence-corrected chi connectivity index (χ0v) is 18.7. The molecule has 0 fully saturated rings. The molecule has 154 valence electrons. The number of aromatic nitrogens is 3. The van der Waals surface area contributed by atoms with E-state index in [0.717, 1.165) is 27.8 Å². The van der Waals surface area contributed by atoms with E-state index in [2.05, 4.69) is 27.6 Å². The molecule has 8 heteroatoms. The molecule has 2 aromatic heterocycles. The number of halogens is 1. The summed E-state index contributed by atoms with van der Waals surface area (Å²) in [6.07, 6.45) is 0. The Hall–Kier alpha value is -2.77. The first-order valence-electron chi connectivity index (χ1n) is 9.41. The number of fused-ring (bicyclic) bond motifs is 1. The van der Waals surface area contributed by atoms with Gasteiger partial charge in [0.1, 0.15) is 5.58 Å². The Bertz CT molecular complexity index is 1240. The molecule has 0 radical (unpaired) electrons. The van der Waals surface area contributed by atoms with Gasteiger partial charge in [-0.15, -0.1) is 10.2 Å². The fourth-order valence-corrected chi connectivity index (χ4v) is 4.35. The fourth-order valence-electron chi connectivity index (χ4n) is 3.46. The number of hydrogen-bond acceptors (Lipinski definition) is 5. The zero-order valence-electron chi connectivity index (χ0n) is 17.1. The molecule has 0 aliphatic heterocycles. The average Bonchev–Trinajstić information content (AvgIpc) is 3.25. The fraction of sp³-hybridized carbons (Fsp3) is 0.227. The van der Waals surface area contributed by atoms with Crippen LogP contribution in [-0.2, 0) is 11.8 Å². The van der Waals surface area contributed by atoms with Crippen LogP contribution in [0.2, 0.25) is 5.02 Å². The summed E-state index contributed by atoms with van der Waals surface area (Å²) in [5, 5.41) is 13.6. The largest absolute Gasteiger partial charge is 0.453 e. The summed E-state index contributed by atoms with van der Waals surface area (Å²) < 4.78 is 7.69. The van der Waals surface area contributed by atoms with Crippen molar-refractivity contribution in [3.05, 3.63) is 58.1 Å². The van der Waals surface area contributed by atoms with Crippen LogP contribution >= 0.6 is 23.4 Å². The van der Waals surface area contributed by atoms with E-state index in [-0.39, 0.29) is 11.7 Å². The molecule has 0 unspecified atom stereocenters. The van der Waals surface area contributed by atoms with E-state index in [4.69, 9.17) is 16.0 Å². The van der Waals surface area contributed by atoms with Gasteiger partial charge in [-0.2, -0.15) is 0 Å². The van der Waals surface area contributed by atoms with Gasteiger partial charge >= 0.3 is 0 Å². The summed E-state index contributed by atoms with van der Waals surface area (Å²) in [5.74, 6) is 1.34. The van der Waals surface area contributed by atoms with Crippen LogP contribution in [0.1, 0.15) is 16.7 Å². The molecule has 30 heavy (non-hydrogen) atoms. The predicted octanol–water partition coefficient (Wildman–Crippen LogP) is 5.54. The van der Waals surface area contributed by atoms with Crippen LogP contribution in [0.3, 0.4) is 0 Å². The van der Waals surface area contributed by atoms with E-state index in [1.165, 1.54) is 17.3 Å². The summed E-state index contributed by atoms with van der Waals surface area (Å²) in [6, 6.07) is 11.5. The lowest BCUT2D eigenvalue weighted by atomic mass is 10.1. The number of carbonyl (C=O) groups is 1. The highest BCUT2D eigenvalue weighted by Crippen LogP contribution is 2.30. The maximum absolute atomic E-state index is 12.5. The molecule has 2 heterocycles. The van der Waals surface area contributed by atoms with Crippen molar-refractivity contribution in [2.24, 2.45) is 7.05 Å². The molecular weight excluding hydrogens is 420 g/mol. The van der Waals surface area contributed by atoms with E-state index in [1.54, 1.807) is 6.07 Å². The Kier molecular flexibility index (Phi) is 5.58. The summed E-state index contributed by atoms with van der Waals surface area (Å²) in [5.41, 5.74) is 4.88. The van der Waals surface area contributed by atoms with Crippen molar-refractivity contribution in [3.8, 4) is 11.6 Å². The molecule has 0 saturated heterocycles. The normalized spacial score (nSPS) is 11.2. The van der Waals surface area contributed by atoms with Crippen LogP contribution in [-0.4, -0.2) is 26.4 Å². The van der Waals surface area contributed by atoms with Gasteiger partial charge in [0, 0.05) is 23.1 Å². The van der Waals surface area contributed by atoms with Gasteiger partial charge < -0.3 is 14.3 Å².